The van der Waals surface area contributed by atoms with Gasteiger partial charge in [-0.05, 0) is 98.0 Å². The van der Waals surface area contributed by atoms with Crippen molar-refractivity contribution in [3.63, 3.8) is 0 Å². The molecule has 2 aliphatic carbocycles. The molecule has 0 bridgehead atoms. The lowest BCUT2D eigenvalue weighted by Crippen LogP contribution is -2.45. The highest BCUT2D eigenvalue weighted by molar-refractivity contribution is 8.02. The van der Waals surface area contributed by atoms with Gasteiger partial charge in [0.2, 0.25) is 0 Å². The van der Waals surface area contributed by atoms with Gasteiger partial charge >= 0.3 is 0 Å². The van der Waals surface area contributed by atoms with E-state index < -0.39 is 0 Å². The second-order valence-corrected chi connectivity index (χ2v) is 16.0. The molecule has 0 aliphatic heterocycles. The second kappa shape index (κ2) is 10.6. The Morgan fingerprint density at radius 3 is 1.17 bits per heavy atom. The van der Waals surface area contributed by atoms with E-state index in [0.717, 1.165) is 11.8 Å². The first-order valence-electron chi connectivity index (χ1n) is 14.3. The second-order valence-electron chi connectivity index (χ2n) is 14.1. The van der Waals surface area contributed by atoms with Gasteiger partial charge in [-0.15, -0.1) is 11.8 Å². The fraction of sp³-hybridized carbons (Fsp3) is 0.647. The zero-order valence-corrected chi connectivity index (χ0v) is 24.2. The van der Waals surface area contributed by atoms with Crippen LogP contribution in [0.4, 0.5) is 0 Å². The quantitative estimate of drug-likeness (QED) is 0.388. The van der Waals surface area contributed by atoms with Crippen LogP contribution in [0.1, 0.15) is 104 Å². The maximum Gasteiger partial charge on any atom is 0.0206 e. The van der Waals surface area contributed by atoms with E-state index in [1.165, 1.54) is 75.3 Å². The number of rotatable bonds is 6. The van der Waals surface area contributed by atoms with E-state index in [4.69, 9.17) is 0 Å². The molecular formula is C34H50S. The normalized spacial score (nSPS) is 30.2. The number of hydrogen-bond acceptors (Lipinski definition) is 1. The Morgan fingerprint density at radius 1 is 0.571 bits per heavy atom. The summed E-state index contributed by atoms with van der Waals surface area (Å²) in [6, 6.07) is 22.8. The number of thioether (sulfide) groups is 1. The van der Waals surface area contributed by atoms with Gasteiger partial charge in [0.1, 0.15) is 0 Å². The van der Waals surface area contributed by atoms with E-state index in [-0.39, 0.29) is 0 Å². The van der Waals surface area contributed by atoms with Crippen LogP contribution in [0.3, 0.4) is 0 Å². The highest BCUT2D eigenvalue weighted by atomic mass is 32.2. The van der Waals surface area contributed by atoms with Crippen molar-refractivity contribution in [1.82, 2.24) is 0 Å². The third kappa shape index (κ3) is 6.97. The van der Waals surface area contributed by atoms with Crippen molar-refractivity contribution in [2.24, 2.45) is 22.7 Å². The Labute approximate surface area is 221 Å². The molecule has 0 aromatic heterocycles. The molecule has 0 unspecified atom stereocenters. The van der Waals surface area contributed by atoms with Crippen LogP contribution >= 0.6 is 11.8 Å². The van der Waals surface area contributed by atoms with Crippen LogP contribution in [0.25, 0.3) is 0 Å². The van der Waals surface area contributed by atoms with Gasteiger partial charge in [0, 0.05) is 9.49 Å². The Balaban J connectivity index is 1.62. The fourth-order valence-electron chi connectivity index (χ4n) is 7.04. The summed E-state index contributed by atoms with van der Waals surface area (Å²) in [5, 5.41) is 0. The molecule has 0 nitrogen and oxygen atoms in total. The molecule has 0 heterocycles. The Hall–Kier alpha value is -1.21. The van der Waals surface area contributed by atoms with Crippen molar-refractivity contribution < 1.29 is 0 Å². The molecule has 1 heteroatoms. The first-order chi connectivity index (χ1) is 16.5. The molecule has 35 heavy (non-hydrogen) atoms. The maximum absolute atomic E-state index is 2.46. The third-order valence-electron chi connectivity index (χ3n) is 9.41. The van der Waals surface area contributed by atoms with E-state index in [1.54, 1.807) is 0 Å². The zero-order chi connectivity index (χ0) is 25.2. The van der Waals surface area contributed by atoms with Gasteiger partial charge < -0.3 is 0 Å². The van der Waals surface area contributed by atoms with Crippen LogP contribution in [-0.4, -0.2) is 9.49 Å². The van der Waals surface area contributed by atoms with Gasteiger partial charge in [-0.2, -0.15) is 0 Å². The molecule has 2 aliphatic rings. The predicted molar refractivity (Wildman–Crippen MR) is 156 cm³/mol. The van der Waals surface area contributed by atoms with Gasteiger partial charge in [-0.1, -0.05) is 102 Å². The molecule has 0 N–H and O–H groups in total. The average Bonchev–Trinajstić information content (AvgIpc) is 2.80. The fourth-order valence-corrected chi connectivity index (χ4v) is 9.32. The van der Waals surface area contributed by atoms with E-state index in [1.807, 2.05) is 0 Å². The summed E-state index contributed by atoms with van der Waals surface area (Å²) < 4.78 is 0.735. The van der Waals surface area contributed by atoms with Crippen LogP contribution < -0.4 is 0 Å². The average molecular weight is 491 g/mol. The molecule has 0 atom stereocenters. The first-order valence-corrected chi connectivity index (χ1v) is 15.1. The van der Waals surface area contributed by atoms with Crippen LogP contribution in [0.2, 0.25) is 0 Å². The van der Waals surface area contributed by atoms with Crippen LogP contribution in [0, 0.1) is 22.7 Å². The minimum Gasteiger partial charge on any atom is -0.148 e. The molecule has 192 valence electrons. The summed E-state index contributed by atoms with van der Waals surface area (Å²) in [5.41, 5.74) is 3.92. The van der Waals surface area contributed by atoms with E-state index in [2.05, 4.69) is 114 Å². The molecular weight excluding hydrogens is 440 g/mol. The number of hydrogen-bond donors (Lipinski definition) is 0. The summed E-state index contributed by atoms with van der Waals surface area (Å²) >= 11 is 2.45. The molecule has 0 spiro atoms. The van der Waals surface area contributed by atoms with Crippen LogP contribution in [0.5, 0.6) is 0 Å². The SMILES string of the molecule is CC(C)(C)C1CCC(Cc2ccccc2)(SC2(Cc3ccccc3)CCC(C(C)(C)C)CC2)CC1. The van der Waals surface area contributed by atoms with Crippen LogP contribution in [0.15, 0.2) is 60.7 Å². The molecule has 2 aromatic rings. The molecule has 2 saturated carbocycles. The summed E-state index contributed by atoms with van der Waals surface area (Å²) in [5.74, 6) is 1.71. The number of benzene rings is 2. The maximum atomic E-state index is 2.46. The molecule has 2 aromatic carbocycles. The molecule has 4 rings (SSSR count). The van der Waals surface area contributed by atoms with Crippen molar-refractivity contribution in [3.8, 4) is 0 Å². The van der Waals surface area contributed by atoms with Crippen molar-refractivity contribution in [3.05, 3.63) is 71.8 Å². The van der Waals surface area contributed by atoms with Gasteiger partial charge in [0.15, 0.2) is 0 Å². The van der Waals surface area contributed by atoms with Gasteiger partial charge in [-0.25, -0.2) is 0 Å². The predicted octanol–water partition coefficient (Wildman–Crippen LogP) is 10.2. The van der Waals surface area contributed by atoms with Crippen LogP contribution in [-0.2, 0) is 12.8 Å². The summed E-state index contributed by atoms with van der Waals surface area (Å²) in [7, 11) is 0. The lowest BCUT2D eigenvalue weighted by Gasteiger charge is -2.51. The molecule has 0 amide bonds. The lowest BCUT2D eigenvalue weighted by molar-refractivity contribution is 0.152. The highest BCUT2D eigenvalue weighted by Crippen LogP contribution is 2.57. The largest absolute Gasteiger partial charge is 0.148 e. The Bertz CT molecular complexity index is 821. The standard InChI is InChI=1S/C34H50S/c1-31(2,3)29-17-21-33(22-18-29,25-27-13-9-7-10-14-27)35-34(26-28-15-11-8-12-16-28)23-19-30(20-24-34)32(4,5)6/h7-16,29-30H,17-26H2,1-6H3. The first kappa shape index (κ1) is 26.8. The van der Waals surface area contributed by atoms with E-state index >= 15 is 0 Å². The lowest BCUT2D eigenvalue weighted by atomic mass is 9.68. The minimum absolute atomic E-state index is 0.368. The van der Waals surface area contributed by atoms with Gasteiger partial charge in [0.25, 0.3) is 0 Å². The van der Waals surface area contributed by atoms with E-state index in [9.17, 15) is 0 Å². The Kier molecular flexibility index (Phi) is 8.16. The molecule has 0 radical (unpaired) electrons. The zero-order valence-electron chi connectivity index (χ0n) is 23.4. The van der Waals surface area contributed by atoms with Crippen molar-refractivity contribution in [2.75, 3.05) is 0 Å². The molecule has 2 fully saturated rings. The smallest absolute Gasteiger partial charge is 0.0206 e. The Morgan fingerprint density at radius 2 is 0.886 bits per heavy atom. The van der Waals surface area contributed by atoms with Gasteiger partial charge in [0.05, 0.1) is 0 Å². The third-order valence-corrected chi connectivity index (χ3v) is 11.4. The topological polar surface area (TPSA) is 0 Å². The molecule has 0 saturated heterocycles. The summed E-state index contributed by atoms with van der Waals surface area (Å²) in [4.78, 5) is 0. The van der Waals surface area contributed by atoms with Crippen molar-refractivity contribution >= 4 is 11.8 Å². The minimum atomic E-state index is 0.368. The summed E-state index contributed by atoms with van der Waals surface area (Å²) in [6.45, 7) is 14.7. The summed E-state index contributed by atoms with van der Waals surface area (Å²) in [6.07, 6.45) is 13.5. The van der Waals surface area contributed by atoms with E-state index in [0.29, 0.717) is 20.3 Å². The van der Waals surface area contributed by atoms with Crippen molar-refractivity contribution in [1.29, 1.82) is 0 Å². The van der Waals surface area contributed by atoms with Crippen molar-refractivity contribution in [2.45, 2.75) is 115 Å². The van der Waals surface area contributed by atoms with Gasteiger partial charge in [-0.3, -0.25) is 0 Å². The monoisotopic (exact) mass is 490 g/mol. The highest BCUT2D eigenvalue weighted by Gasteiger charge is 2.47.